The quantitative estimate of drug-likeness (QED) is 0.747. The first-order valence-corrected chi connectivity index (χ1v) is 9.74. The highest BCUT2D eigenvalue weighted by Gasteiger charge is 2.32. The van der Waals surface area contributed by atoms with Crippen LogP contribution >= 0.6 is 0 Å². The molecule has 1 atom stereocenters. The number of alkyl carbamates (subject to hydrolysis) is 1. The van der Waals surface area contributed by atoms with Crippen LogP contribution in [0.2, 0.25) is 0 Å². The first-order valence-electron chi connectivity index (χ1n) is 7.89. The van der Waals surface area contributed by atoms with Gasteiger partial charge in [-0.3, -0.25) is 14.4 Å². The van der Waals surface area contributed by atoms with E-state index >= 15 is 0 Å². The number of benzene rings is 1. The minimum Gasteiger partial charge on any atom is -0.452 e. The largest absolute Gasteiger partial charge is 0.452 e. The van der Waals surface area contributed by atoms with Crippen LogP contribution in [0.3, 0.4) is 0 Å². The number of nitrogens with zero attached hydrogens (tertiary/aromatic N) is 1. The summed E-state index contributed by atoms with van der Waals surface area (Å²) in [6, 6.07) is 4.26. The molecule has 0 saturated heterocycles. The van der Waals surface area contributed by atoms with Crippen molar-refractivity contribution in [1.29, 1.82) is 0 Å². The van der Waals surface area contributed by atoms with E-state index in [9.17, 15) is 22.8 Å². The number of carbonyl (C=O) groups is 3. The molecule has 2 rings (SSSR count). The Kier molecular flexibility index (Phi) is 5.86. The molecule has 2 amide bonds. The van der Waals surface area contributed by atoms with Crippen LogP contribution in [0.1, 0.15) is 29.8 Å². The fourth-order valence-corrected chi connectivity index (χ4v) is 4.03. The van der Waals surface area contributed by atoms with Gasteiger partial charge in [-0.05, 0) is 44.0 Å². The van der Waals surface area contributed by atoms with E-state index in [2.05, 4.69) is 4.74 Å². The molecule has 0 bridgehead atoms. The molecule has 10 heteroatoms. The van der Waals surface area contributed by atoms with Crippen molar-refractivity contribution in [3.63, 3.8) is 0 Å². The molecular formula is C16H20N2O7S. The Labute approximate surface area is 151 Å². The summed E-state index contributed by atoms with van der Waals surface area (Å²) in [7, 11) is -3.42. The minimum absolute atomic E-state index is 0.108. The van der Waals surface area contributed by atoms with Crippen LogP contribution in [0.5, 0.6) is 0 Å². The summed E-state index contributed by atoms with van der Waals surface area (Å²) in [4.78, 5) is 34.6. The number of ether oxygens (including phenoxy) is 2. The van der Waals surface area contributed by atoms with Crippen LogP contribution in [0.25, 0.3) is 0 Å². The highest BCUT2D eigenvalue weighted by atomic mass is 32.2. The fraction of sp³-hybridized carbons (Fsp3) is 0.438. The Bertz CT molecular complexity index is 835. The molecule has 1 aromatic carbocycles. The van der Waals surface area contributed by atoms with Gasteiger partial charge in [-0.1, -0.05) is 0 Å². The highest BCUT2D eigenvalue weighted by Crippen LogP contribution is 2.34. The zero-order chi connectivity index (χ0) is 19.5. The summed E-state index contributed by atoms with van der Waals surface area (Å²) in [6.07, 6.45) is 0.677. The average molecular weight is 384 g/mol. The van der Waals surface area contributed by atoms with Gasteiger partial charge < -0.3 is 9.47 Å². The molecule has 26 heavy (non-hydrogen) atoms. The van der Waals surface area contributed by atoms with E-state index < -0.39 is 34.6 Å². The van der Waals surface area contributed by atoms with Crippen molar-refractivity contribution >= 4 is 33.7 Å². The normalized spacial score (nSPS) is 16.0. The highest BCUT2D eigenvalue weighted by molar-refractivity contribution is 7.92. The summed E-state index contributed by atoms with van der Waals surface area (Å²) >= 11 is 0. The second-order valence-electron chi connectivity index (χ2n) is 5.80. The summed E-state index contributed by atoms with van der Waals surface area (Å²) in [5, 5.41) is 1.91. The summed E-state index contributed by atoms with van der Waals surface area (Å²) in [6.45, 7) is 2.83. The third kappa shape index (κ3) is 4.51. The van der Waals surface area contributed by atoms with E-state index in [1.807, 2.05) is 5.32 Å². The van der Waals surface area contributed by atoms with Gasteiger partial charge in [-0.2, -0.15) is 0 Å². The zero-order valence-electron chi connectivity index (χ0n) is 14.6. The first kappa shape index (κ1) is 19.7. The number of anilines is 1. The monoisotopic (exact) mass is 384 g/mol. The van der Waals surface area contributed by atoms with Gasteiger partial charge in [0.05, 0.1) is 24.1 Å². The standard InChI is InChI=1S/C16H20N2O7S/c1-4-24-16(21)17-14(19)9-25-15(20)11-5-6-13-12(8-11)7-10(2)18(13)26(3,22)23/h5-6,8,10H,4,7,9H2,1-3H3,(H,17,19,21). The van der Waals surface area contributed by atoms with Crippen molar-refractivity contribution in [1.82, 2.24) is 5.32 Å². The molecule has 1 N–H and O–H groups in total. The van der Waals surface area contributed by atoms with E-state index in [-0.39, 0.29) is 18.2 Å². The summed E-state index contributed by atoms with van der Waals surface area (Å²) < 4.78 is 34.5. The van der Waals surface area contributed by atoms with E-state index in [0.717, 1.165) is 6.26 Å². The number of imide groups is 1. The zero-order valence-corrected chi connectivity index (χ0v) is 15.5. The molecule has 0 radical (unpaired) electrons. The SMILES string of the molecule is CCOC(=O)NC(=O)COC(=O)c1ccc2c(c1)CC(C)N2S(C)(=O)=O. The Morgan fingerprint density at radius 1 is 1.27 bits per heavy atom. The smallest absolute Gasteiger partial charge is 0.413 e. The fourth-order valence-electron chi connectivity index (χ4n) is 2.77. The Balaban J connectivity index is 2.03. The maximum absolute atomic E-state index is 12.1. The second-order valence-corrected chi connectivity index (χ2v) is 7.66. The van der Waals surface area contributed by atoms with Gasteiger partial charge in [0.2, 0.25) is 10.0 Å². The van der Waals surface area contributed by atoms with Crippen LogP contribution in [0.4, 0.5) is 10.5 Å². The molecule has 0 aliphatic carbocycles. The van der Waals surface area contributed by atoms with Gasteiger partial charge in [0.25, 0.3) is 5.91 Å². The third-order valence-corrected chi connectivity index (χ3v) is 4.95. The van der Waals surface area contributed by atoms with Crippen LogP contribution in [0.15, 0.2) is 18.2 Å². The number of nitrogens with one attached hydrogen (secondary N) is 1. The lowest BCUT2D eigenvalue weighted by Gasteiger charge is -2.21. The van der Waals surface area contributed by atoms with Gasteiger partial charge in [-0.25, -0.2) is 18.0 Å². The summed E-state index contributed by atoms with van der Waals surface area (Å²) in [5.41, 5.74) is 1.42. The molecule has 0 spiro atoms. The molecule has 142 valence electrons. The van der Waals surface area contributed by atoms with E-state index in [0.29, 0.717) is 17.7 Å². The van der Waals surface area contributed by atoms with Gasteiger partial charge >= 0.3 is 12.1 Å². The lowest BCUT2D eigenvalue weighted by atomic mass is 10.1. The minimum atomic E-state index is -3.42. The van der Waals surface area contributed by atoms with Crippen LogP contribution in [-0.2, 0) is 30.7 Å². The van der Waals surface area contributed by atoms with Gasteiger partial charge in [0, 0.05) is 6.04 Å². The predicted octanol–water partition coefficient (Wildman–Crippen LogP) is 0.827. The summed E-state index contributed by atoms with van der Waals surface area (Å²) in [5.74, 6) is -1.56. The number of rotatable bonds is 5. The van der Waals surface area contributed by atoms with Crippen LogP contribution < -0.4 is 9.62 Å². The average Bonchev–Trinajstić information content (AvgIpc) is 2.87. The maximum Gasteiger partial charge on any atom is 0.413 e. The molecule has 1 aliphatic heterocycles. The molecule has 0 aromatic heterocycles. The Morgan fingerprint density at radius 3 is 2.58 bits per heavy atom. The molecule has 0 fully saturated rings. The number of amides is 2. The topological polar surface area (TPSA) is 119 Å². The number of hydrogen-bond donors (Lipinski definition) is 1. The van der Waals surface area contributed by atoms with Crippen molar-refractivity contribution < 1.29 is 32.3 Å². The van der Waals surface area contributed by atoms with E-state index in [1.165, 1.54) is 16.4 Å². The molecule has 1 unspecified atom stereocenters. The number of fused-ring (bicyclic) bond motifs is 1. The molecular weight excluding hydrogens is 364 g/mol. The molecule has 9 nitrogen and oxygen atoms in total. The Hall–Kier alpha value is -2.62. The number of carbonyl (C=O) groups excluding carboxylic acids is 3. The van der Waals surface area contributed by atoms with Crippen molar-refractivity contribution in [3.05, 3.63) is 29.3 Å². The van der Waals surface area contributed by atoms with Crippen molar-refractivity contribution in [2.75, 3.05) is 23.8 Å². The molecule has 1 aliphatic rings. The molecule has 1 aromatic rings. The van der Waals surface area contributed by atoms with Gasteiger partial charge in [-0.15, -0.1) is 0 Å². The van der Waals surface area contributed by atoms with Crippen molar-refractivity contribution in [2.45, 2.75) is 26.3 Å². The lowest BCUT2D eigenvalue weighted by Crippen LogP contribution is -2.34. The predicted molar refractivity (Wildman–Crippen MR) is 92.4 cm³/mol. The van der Waals surface area contributed by atoms with Crippen molar-refractivity contribution in [3.8, 4) is 0 Å². The van der Waals surface area contributed by atoms with Crippen LogP contribution in [0, 0.1) is 0 Å². The lowest BCUT2D eigenvalue weighted by molar-refractivity contribution is -0.123. The third-order valence-electron chi connectivity index (χ3n) is 3.68. The number of hydrogen-bond acceptors (Lipinski definition) is 7. The van der Waals surface area contributed by atoms with Gasteiger partial charge in [0.1, 0.15) is 0 Å². The molecule has 0 saturated carbocycles. The maximum atomic E-state index is 12.1. The Morgan fingerprint density at radius 2 is 1.96 bits per heavy atom. The van der Waals surface area contributed by atoms with Crippen LogP contribution in [-0.4, -0.2) is 51.9 Å². The number of esters is 1. The molecule has 1 heterocycles. The van der Waals surface area contributed by atoms with E-state index in [4.69, 9.17) is 4.74 Å². The van der Waals surface area contributed by atoms with Gasteiger partial charge in [0.15, 0.2) is 6.61 Å². The second kappa shape index (κ2) is 7.73. The first-order chi connectivity index (χ1) is 12.1. The van der Waals surface area contributed by atoms with E-state index in [1.54, 1.807) is 19.9 Å². The number of sulfonamides is 1. The van der Waals surface area contributed by atoms with Crippen molar-refractivity contribution in [2.24, 2.45) is 0 Å².